The minimum absolute atomic E-state index is 0.508. The first-order chi connectivity index (χ1) is 9.31. The number of benzene rings is 2. The number of rotatable bonds is 3. The normalized spacial score (nSPS) is 18.0. The first kappa shape index (κ1) is 12.7. The van der Waals surface area contributed by atoms with Crippen LogP contribution in [0.2, 0.25) is 0 Å². The molecule has 1 N–H and O–H groups in total. The lowest BCUT2D eigenvalue weighted by Crippen LogP contribution is -2.24. The molecule has 1 atom stereocenters. The van der Waals surface area contributed by atoms with E-state index in [1.807, 2.05) is 0 Å². The van der Waals surface area contributed by atoms with Gasteiger partial charge in [-0.3, -0.25) is 0 Å². The molecule has 1 heteroatoms. The summed E-state index contributed by atoms with van der Waals surface area (Å²) in [6, 6.07) is 13.8. The third-order valence-electron chi connectivity index (χ3n) is 4.68. The highest BCUT2D eigenvalue weighted by molar-refractivity contribution is 5.87. The van der Waals surface area contributed by atoms with Crippen LogP contribution in [0, 0.1) is 12.8 Å². The van der Waals surface area contributed by atoms with Gasteiger partial charge in [0.1, 0.15) is 0 Å². The Morgan fingerprint density at radius 3 is 2.53 bits per heavy atom. The summed E-state index contributed by atoms with van der Waals surface area (Å²) in [7, 11) is 2.12. The van der Waals surface area contributed by atoms with Crippen LogP contribution in [0.1, 0.15) is 42.9 Å². The zero-order chi connectivity index (χ0) is 13.2. The van der Waals surface area contributed by atoms with Gasteiger partial charge in [0.25, 0.3) is 0 Å². The Morgan fingerprint density at radius 2 is 1.79 bits per heavy atom. The van der Waals surface area contributed by atoms with Crippen LogP contribution in [0.15, 0.2) is 36.4 Å². The van der Waals surface area contributed by atoms with E-state index in [0.29, 0.717) is 6.04 Å². The van der Waals surface area contributed by atoms with Gasteiger partial charge in [0.05, 0.1) is 0 Å². The van der Waals surface area contributed by atoms with Crippen LogP contribution >= 0.6 is 0 Å². The van der Waals surface area contributed by atoms with E-state index in [1.165, 1.54) is 47.6 Å². The molecule has 3 rings (SSSR count). The molecule has 0 radical (unpaired) electrons. The summed E-state index contributed by atoms with van der Waals surface area (Å²) in [5.74, 6) is 0.800. The zero-order valence-corrected chi connectivity index (χ0v) is 11.9. The molecule has 2 aromatic carbocycles. The Hall–Kier alpha value is -1.34. The number of fused-ring (bicyclic) bond motifs is 1. The number of hydrogen-bond donors (Lipinski definition) is 1. The summed E-state index contributed by atoms with van der Waals surface area (Å²) in [4.78, 5) is 0. The molecule has 1 nitrogen and oxygen atoms in total. The maximum Gasteiger partial charge on any atom is 0.0354 e. The maximum atomic E-state index is 3.59. The van der Waals surface area contributed by atoms with Crippen molar-refractivity contribution in [2.75, 3.05) is 7.05 Å². The van der Waals surface area contributed by atoms with Crippen molar-refractivity contribution in [3.8, 4) is 0 Å². The highest BCUT2D eigenvalue weighted by Crippen LogP contribution is 2.39. The summed E-state index contributed by atoms with van der Waals surface area (Å²) in [6.45, 7) is 2.25. The second kappa shape index (κ2) is 5.34. The fourth-order valence-corrected chi connectivity index (χ4v) is 3.72. The Bertz CT molecular complexity index is 567. The summed E-state index contributed by atoms with van der Waals surface area (Å²) in [5.41, 5.74) is 2.94. The van der Waals surface area contributed by atoms with E-state index in [-0.39, 0.29) is 0 Å². The van der Waals surface area contributed by atoms with Crippen LogP contribution in [0.4, 0.5) is 0 Å². The molecule has 0 spiro atoms. The summed E-state index contributed by atoms with van der Waals surface area (Å²) >= 11 is 0. The van der Waals surface area contributed by atoms with Crippen molar-refractivity contribution in [3.05, 3.63) is 47.5 Å². The summed E-state index contributed by atoms with van der Waals surface area (Å²) < 4.78 is 0. The second-order valence-corrected chi connectivity index (χ2v) is 5.83. The highest BCUT2D eigenvalue weighted by Gasteiger charge is 2.27. The lowest BCUT2D eigenvalue weighted by atomic mass is 9.86. The third kappa shape index (κ3) is 2.28. The summed E-state index contributed by atoms with van der Waals surface area (Å²) in [5, 5.41) is 6.38. The average molecular weight is 253 g/mol. The predicted molar refractivity (Wildman–Crippen MR) is 82.4 cm³/mol. The van der Waals surface area contributed by atoms with E-state index in [2.05, 4.69) is 55.7 Å². The molecular formula is C18H23N. The quantitative estimate of drug-likeness (QED) is 0.843. The van der Waals surface area contributed by atoms with Crippen LogP contribution in [-0.2, 0) is 0 Å². The van der Waals surface area contributed by atoms with Crippen LogP contribution in [-0.4, -0.2) is 7.05 Å². The van der Waals surface area contributed by atoms with Crippen LogP contribution in [0.5, 0.6) is 0 Å². The molecule has 0 heterocycles. The lowest BCUT2D eigenvalue weighted by Gasteiger charge is -2.26. The SMILES string of the molecule is CNC(c1c(C)ccc2ccccc12)C1CCCC1. The van der Waals surface area contributed by atoms with Gasteiger partial charge in [-0.05, 0) is 54.6 Å². The maximum absolute atomic E-state index is 3.59. The van der Waals surface area contributed by atoms with Crippen LogP contribution < -0.4 is 5.32 Å². The Morgan fingerprint density at radius 1 is 1.05 bits per heavy atom. The molecule has 1 saturated carbocycles. The van der Waals surface area contributed by atoms with Crippen molar-refractivity contribution in [1.82, 2.24) is 5.32 Å². The van der Waals surface area contributed by atoms with Crippen molar-refractivity contribution in [3.63, 3.8) is 0 Å². The largest absolute Gasteiger partial charge is 0.313 e. The van der Waals surface area contributed by atoms with Crippen molar-refractivity contribution in [2.24, 2.45) is 5.92 Å². The molecule has 1 aliphatic carbocycles. The molecule has 0 bridgehead atoms. The summed E-state index contributed by atoms with van der Waals surface area (Å²) in [6.07, 6.45) is 5.53. The lowest BCUT2D eigenvalue weighted by molar-refractivity contribution is 0.391. The molecule has 1 unspecified atom stereocenters. The van der Waals surface area contributed by atoms with Gasteiger partial charge in [-0.25, -0.2) is 0 Å². The second-order valence-electron chi connectivity index (χ2n) is 5.83. The molecule has 0 aromatic heterocycles. The van der Waals surface area contributed by atoms with E-state index in [1.54, 1.807) is 0 Å². The molecule has 0 saturated heterocycles. The predicted octanol–water partition coefficient (Wildman–Crippen LogP) is 4.60. The van der Waals surface area contributed by atoms with Gasteiger partial charge in [-0.15, -0.1) is 0 Å². The molecule has 19 heavy (non-hydrogen) atoms. The first-order valence-corrected chi connectivity index (χ1v) is 7.47. The van der Waals surface area contributed by atoms with E-state index >= 15 is 0 Å². The van der Waals surface area contributed by atoms with Crippen molar-refractivity contribution < 1.29 is 0 Å². The average Bonchev–Trinajstić information content (AvgIpc) is 2.96. The molecular weight excluding hydrogens is 230 g/mol. The molecule has 100 valence electrons. The van der Waals surface area contributed by atoms with Crippen LogP contribution in [0.25, 0.3) is 10.8 Å². The molecule has 1 fully saturated rings. The third-order valence-corrected chi connectivity index (χ3v) is 4.68. The standard InChI is InChI=1S/C18H23N/c1-13-11-12-14-7-5-6-10-16(14)17(13)18(19-2)15-8-3-4-9-15/h5-7,10-12,15,18-19H,3-4,8-9H2,1-2H3. The van der Waals surface area contributed by atoms with Gasteiger partial charge < -0.3 is 5.32 Å². The van der Waals surface area contributed by atoms with Gasteiger partial charge in [0.15, 0.2) is 0 Å². The minimum atomic E-state index is 0.508. The highest BCUT2D eigenvalue weighted by atomic mass is 14.9. The number of hydrogen-bond acceptors (Lipinski definition) is 1. The van der Waals surface area contributed by atoms with Crippen molar-refractivity contribution in [2.45, 2.75) is 38.6 Å². The topological polar surface area (TPSA) is 12.0 Å². The van der Waals surface area contributed by atoms with E-state index < -0.39 is 0 Å². The monoisotopic (exact) mass is 253 g/mol. The van der Waals surface area contributed by atoms with Gasteiger partial charge in [-0.1, -0.05) is 49.2 Å². The zero-order valence-electron chi connectivity index (χ0n) is 11.9. The van der Waals surface area contributed by atoms with E-state index in [9.17, 15) is 0 Å². The van der Waals surface area contributed by atoms with Crippen LogP contribution in [0.3, 0.4) is 0 Å². The molecule has 1 aliphatic rings. The van der Waals surface area contributed by atoms with Gasteiger partial charge >= 0.3 is 0 Å². The number of aryl methyl sites for hydroxylation is 1. The smallest absolute Gasteiger partial charge is 0.0354 e. The number of nitrogens with one attached hydrogen (secondary N) is 1. The van der Waals surface area contributed by atoms with Crippen molar-refractivity contribution >= 4 is 10.8 Å². The Labute approximate surface area is 116 Å². The van der Waals surface area contributed by atoms with Gasteiger partial charge in [-0.2, -0.15) is 0 Å². The fraction of sp³-hybridized carbons (Fsp3) is 0.444. The Kier molecular flexibility index (Phi) is 3.56. The van der Waals surface area contributed by atoms with Crippen molar-refractivity contribution in [1.29, 1.82) is 0 Å². The van der Waals surface area contributed by atoms with Gasteiger partial charge in [0, 0.05) is 6.04 Å². The van der Waals surface area contributed by atoms with E-state index in [0.717, 1.165) is 5.92 Å². The Balaban J connectivity index is 2.13. The fourth-order valence-electron chi connectivity index (χ4n) is 3.72. The van der Waals surface area contributed by atoms with Gasteiger partial charge in [0.2, 0.25) is 0 Å². The minimum Gasteiger partial charge on any atom is -0.313 e. The molecule has 0 amide bonds. The molecule has 0 aliphatic heterocycles. The molecule has 2 aromatic rings. The van der Waals surface area contributed by atoms with E-state index in [4.69, 9.17) is 0 Å². The first-order valence-electron chi connectivity index (χ1n) is 7.47.